The van der Waals surface area contributed by atoms with Crippen molar-refractivity contribution in [1.82, 2.24) is 0 Å². The number of ether oxygens (including phenoxy) is 1. The first-order chi connectivity index (χ1) is 7.34. The van der Waals surface area contributed by atoms with Gasteiger partial charge in [-0.2, -0.15) is 0 Å². The summed E-state index contributed by atoms with van der Waals surface area (Å²) >= 11 is 0. The highest BCUT2D eigenvalue weighted by atomic mass is 16.5. The van der Waals surface area contributed by atoms with Gasteiger partial charge in [-0.05, 0) is 24.2 Å². The molecule has 2 aliphatic carbocycles. The fourth-order valence-electron chi connectivity index (χ4n) is 3.77. The van der Waals surface area contributed by atoms with E-state index in [1.807, 2.05) is 0 Å². The molecule has 0 spiro atoms. The lowest BCUT2D eigenvalue weighted by Crippen LogP contribution is -2.33. The van der Waals surface area contributed by atoms with Gasteiger partial charge in [0.15, 0.2) is 0 Å². The standard InChI is InChI=1S/C13H20O3/c1-12(2)9-5-6-13(12,3)11(15)8(9)7-10(14)16-4/h8-9H,5-7H2,1-4H3/t8-,9-,13-/m0/s1. The summed E-state index contributed by atoms with van der Waals surface area (Å²) in [4.78, 5) is 23.7. The highest BCUT2D eigenvalue weighted by Crippen LogP contribution is 2.66. The van der Waals surface area contributed by atoms with E-state index in [1.54, 1.807) is 0 Å². The molecule has 0 aromatic carbocycles. The molecular formula is C13H20O3. The summed E-state index contributed by atoms with van der Waals surface area (Å²) in [6.45, 7) is 6.40. The number of methoxy groups -OCH3 is 1. The molecule has 2 rings (SSSR count). The molecule has 0 aliphatic heterocycles. The average Bonchev–Trinajstić information content (AvgIpc) is 2.53. The molecule has 90 valence electrons. The van der Waals surface area contributed by atoms with Crippen LogP contribution in [0.4, 0.5) is 0 Å². The maximum Gasteiger partial charge on any atom is 0.306 e. The lowest BCUT2D eigenvalue weighted by Gasteiger charge is -2.32. The number of ketones is 1. The van der Waals surface area contributed by atoms with Gasteiger partial charge in [0.1, 0.15) is 5.78 Å². The highest BCUT2D eigenvalue weighted by Gasteiger charge is 2.66. The Bertz CT molecular complexity index is 345. The van der Waals surface area contributed by atoms with E-state index in [0.29, 0.717) is 5.92 Å². The third kappa shape index (κ3) is 1.20. The number of rotatable bonds is 2. The predicted octanol–water partition coefficient (Wildman–Crippen LogP) is 2.19. The third-order valence-corrected chi connectivity index (χ3v) is 5.28. The molecule has 0 radical (unpaired) electrons. The maximum atomic E-state index is 12.3. The number of hydrogen-bond acceptors (Lipinski definition) is 3. The fraction of sp³-hybridized carbons (Fsp3) is 0.846. The molecule has 0 N–H and O–H groups in total. The van der Waals surface area contributed by atoms with Crippen LogP contribution in [0.1, 0.15) is 40.0 Å². The minimum Gasteiger partial charge on any atom is -0.469 e. The van der Waals surface area contributed by atoms with Crippen LogP contribution >= 0.6 is 0 Å². The zero-order valence-electron chi connectivity index (χ0n) is 10.5. The van der Waals surface area contributed by atoms with Crippen molar-refractivity contribution in [2.24, 2.45) is 22.7 Å². The van der Waals surface area contributed by atoms with Crippen LogP contribution in [0.15, 0.2) is 0 Å². The van der Waals surface area contributed by atoms with E-state index in [2.05, 4.69) is 25.5 Å². The first-order valence-corrected chi connectivity index (χ1v) is 5.95. The molecule has 0 amide bonds. The van der Waals surface area contributed by atoms with Crippen LogP contribution in [-0.4, -0.2) is 18.9 Å². The molecule has 0 unspecified atom stereocenters. The zero-order chi connectivity index (χ0) is 12.1. The van der Waals surface area contributed by atoms with E-state index < -0.39 is 0 Å². The van der Waals surface area contributed by atoms with E-state index >= 15 is 0 Å². The summed E-state index contributed by atoms with van der Waals surface area (Å²) < 4.78 is 4.68. The van der Waals surface area contributed by atoms with Crippen molar-refractivity contribution in [3.63, 3.8) is 0 Å². The van der Waals surface area contributed by atoms with Crippen LogP contribution in [0, 0.1) is 22.7 Å². The summed E-state index contributed by atoms with van der Waals surface area (Å²) in [7, 11) is 1.38. The molecule has 3 atom stereocenters. The Hall–Kier alpha value is -0.860. The summed E-state index contributed by atoms with van der Waals surface area (Å²) in [6, 6.07) is 0. The molecule has 3 heteroatoms. The van der Waals surface area contributed by atoms with Gasteiger partial charge in [0.25, 0.3) is 0 Å². The van der Waals surface area contributed by atoms with Gasteiger partial charge in [-0.15, -0.1) is 0 Å². The molecule has 16 heavy (non-hydrogen) atoms. The quantitative estimate of drug-likeness (QED) is 0.675. The number of esters is 1. The van der Waals surface area contributed by atoms with Crippen LogP contribution in [-0.2, 0) is 14.3 Å². The predicted molar refractivity (Wildman–Crippen MR) is 59.7 cm³/mol. The van der Waals surface area contributed by atoms with E-state index in [1.165, 1.54) is 7.11 Å². The lowest BCUT2D eigenvalue weighted by molar-refractivity contribution is -0.145. The molecular weight excluding hydrogens is 204 g/mol. The van der Waals surface area contributed by atoms with Gasteiger partial charge in [-0.25, -0.2) is 0 Å². The first-order valence-electron chi connectivity index (χ1n) is 5.95. The maximum absolute atomic E-state index is 12.3. The van der Waals surface area contributed by atoms with Gasteiger partial charge in [0.05, 0.1) is 13.5 Å². The Balaban J connectivity index is 2.26. The molecule has 0 saturated heterocycles. The topological polar surface area (TPSA) is 43.4 Å². The van der Waals surface area contributed by atoms with E-state index in [9.17, 15) is 9.59 Å². The zero-order valence-corrected chi connectivity index (χ0v) is 10.5. The van der Waals surface area contributed by atoms with Gasteiger partial charge in [0.2, 0.25) is 0 Å². The first kappa shape index (κ1) is 11.6. The highest BCUT2D eigenvalue weighted by molar-refractivity contribution is 5.94. The molecule has 2 saturated carbocycles. The number of Topliss-reactive ketones (excluding diaryl/α,β-unsaturated/α-hetero) is 1. The van der Waals surface area contributed by atoms with Crippen LogP contribution in [0.3, 0.4) is 0 Å². The Labute approximate surface area is 96.5 Å². The molecule has 0 heterocycles. The Morgan fingerprint density at radius 2 is 2.06 bits per heavy atom. The smallest absolute Gasteiger partial charge is 0.306 e. The number of carbonyl (C=O) groups excluding carboxylic acids is 2. The summed E-state index contributed by atoms with van der Waals surface area (Å²) in [5.74, 6) is 0.259. The molecule has 3 nitrogen and oxygen atoms in total. The van der Waals surface area contributed by atoms with Crippen LogP contribution in [0.5, 0.6) is 0 Å². The molecule has 0 aromatic heterocycles. The average molecular weight is 224 g/mol. The van der Waals surface area contributed by atoms with Crippen molar-refractivity contribution in [1.29, 1.82) is 0 Å². The van der Waals surface area contributed by atoms with Crippen LogP contribution < -0.4 is 0 Å². The lowest BCUT2D eigenvalue weighted by atomic mass is 9.70. The summed E-state index contributed by atoms with van der Waals surface area (Å²) in [6.07, 6.45) is 2.30. The van der Waals surface area contributed by atoms with E-state index in [0.717, 1.165) is 12.8 Å². The minimum atomic E-state index is -0.259. The normalized spacial score (nSPS) is 40.1. The van der Waals surface area contributed by atoms with Crippen LogP contribution in [0.25, 0.3) is 0 Å². The van der Waals surface area contributed by atoms with Crippen molar-refractivity contribution in [3.8, 4) is 0 Å². The van der Waals surface area contributed by atoms with Crippen molar-refractivity contribution in [2.45, 2.75) is 40.0 Å². The minimum absolute atomic E-state index is 0.0305. The summed E-state index contributed by atoms with van der Waals surface area (Å²) in [5.41, 5.74) is -0.195. The second-order valence-corrected chi connectivity index (χ2v) is 5.95. The van der Waals surface area contributed by atoms with Crippen molar-refractivity contribution < 1.29 is 14.3 Å². The number of fused-ring (bicyclic) bond motifs is 2. The Morgan fingerprint density at radius 1 is 1.44 bits per heavy atom. The van der Waals surface area contributed by atoms with Gasteiger partial charge in [0, 0.05) is 11.3 Å². The second kappa shape index (κ2) is 3.31. The Kier molecular flexibility index (Phi) is 2.41. The van der Waals surface area contributed by atoms with Gasteiger partial charge in [-0.1, -0.05) is 20.8 Å². The third-order valence-electron chi connectivity index (χ3n) is 5.28. The van der Waals surface area contributed by atoms with Crippen molar-refractivity contribution in [3.05, 3.63) is 0 Å². The van der Waals surface area contributed by atoms with Gasteiger partial charge >= 0.3 is 5.97 Å². The number of hydrogen-bond donors (Lipinski definition) is 0. The number of carbonyl (C=O) groups is 2. The van der Waals surface area contributed by atoms with E-state index in [4.69, 9.17) is 0 Å². The fourth-order valence-corrected chi connectivity index (χ4v) is 3.77. The molecule has 0 aromatic rings. The SMILES string of the molecule is COC(=O)C[C@@H]1C(=O)[C@]2(C)CC[C@@H]1C2(C)C. The van der Waals surface area contributed by atoms with Gasteiger partial charge < -0.3 is 4.74 Å². The van der Waals surface area contributed by atoms with Crippen molar-refractivity contribution >= 4 is 11.8 Å². The Morgan fingerprint density at radius 3 is 2.50 bits per heavy atom. The molecule has 2 fully saturated rings. The van der Waals surface area contributed by atoms with Crippen molar-refractivity contribution in [2.75, 3.05) is 7.11 Å². The monoisotopic (exact) mass is 224 g/mol. The van der Waals surface area contributed by atoms with E-state index in [-0.39, 0.29) is 34.9 Å². The summed E-state index contributed by atoms with van der Waals surface area (Å²) in [5, 5.41) is 0. The molecule has 2 aliphatic rings. The van der Waals surface area contributed by atoms with Crippen LogP contribution in [0.2, 0.25) is 0 Å². The molecule has 2 bridgehead atoms. The second-order valence-electron chi connectivity index (χ2n) is 5.95. The van der Waals surface area contributed by atoms with Gasteiger partial charge in [-0.3, -0.25) is 9.59 Å². The largest absolute Gasteiger partial charge is 0.469 e.